The summed E-state index contributed by atoms with van der Waals surface area (Å²) in [5.41, 5.74) is 6.00. The van der Waals surface area contributed by atoms with E-state index in [1.807, 2.05) is 0 Å². The van der Waals surface area contributed by atoms with Crippen molar-refractivity contribution in [1.29, 1.82) is 0 Å². The molecule has 1 amide bonds. The van der Waals surface area contributed by atoms with Gasteiger partial charge in [0.25, 0.3) is 5.91 Å². The number of rotatable bonds is 2. The molecule has 0 spiro atoms. The molecule has 104 valence electrons. The van der Waals surface area contributed by atoms with Gasteiger partial charge in [0.1, 0.15) is 5.82 Å². The number of benzene rings is 1. The Balaban J connectivity index is 2.07. The van der Waals surface area contributed by atoms with E-state index in [4.69, 9.17) is 28.9 Å². The van der Waals surface area contributed by atoms with Crippen LogP contribution in [-0.4, -0.2) is 35.3 Å². The van der Waals surface area contributed by atoms with Crippen molar-refractivity contribution < 1.29 is 9.18 Å². The van der Waals surface area contributed by atoms with Crippen LogP contribution in [0, 0.1) is 5.82 Å². The summed E-state index contributed by atoms with van der Waals surface area (Å²) in [5.74, 6) is -0.683. The van der Waals surface area contributed by atoms with Gasteiger partial charge in [0.2, 0.25) is 0 Å². The van der Waals surface area contributed by atoms with Gasteiger partial charge in [0, 0.05) is 25.2 Å². The molecule has 0 aromatic heterocycles. The zero-order chi connectivity index (χ0) is 14.0. The Morgan fingerprint density at radius 1 is 1.42 bits per heavy atom. The van der Waals surface area contributed by atoms with Gasteiger partial charge >= 0.3 is 0 Å². The van der Waals surface area contributed by atoms with E-state index in [-0.39, 0.29) is 10.9 Å². The Hall–Kier alpha value is -0.840. The molecule has 0 unspecified atom stereocenters. The number of likely N-dealkylation sites (tertiary alicyclic amines) is 1. The van der Waals surface area contributed by atoms with E-state index in [2.05, 4.69) is 0 Å². The molecule has 2 N–H and O–H groups in total. The van der Waals surface area contributed by atoms with Crippen molar-refractivity contribution in [3.63, 3.8) is 0 Å². The first-order valence-electron chi connectivity index (χ1n) is 6.08. The van der Waals surface area contributed by atoms with Crippen LogP contribution in [0.2, 0.25) is 5.02 Å². The molecule has 2 rings (SSSR count). The van der Waals surface area contributed by atoms with Crippen LogP contribution in [0.25, 0.3) is 0 Å². The Labute approximate surface area is 121 Å². The smallest absolute Gasteiger partial charge is 0.253 e. The average molecular weight is 305 g/mol. The van der Waals surface area contributed by atoms with Crippen LogP contribution in [0.15, 0.2) is 18.2 Å². The minimum Gasteiger partial charge on any atom is -0.339 e. The molecule has 19 heavy (non-hydrogen) atoms. The fourth-order valence-corrected chi connectivity index (χ4v) is 2.48. The number of piperidine rings is 1. The van der Waals surface area contributed by atoms with Gasteiger partial charge in [-0.3, -0.25) is 4.79 Å². The van der Waals surface area contributed by atoms with Crippen molar-refractivity contribution in [3.05, 3.63) is 34.6 Å². The van der Waals surface area contributed by atoms with E-state index in [1.54, 1.807) is 4.90 Å². The van der Waals surface area contributed by atoms with Crippen molar-refractivity contribution in [1.82, 2.24) is 4.90 Å². The molecule has 0 aliphatic carbocycles. The predicted octanol–water partition coefficient (Wildman–Crippen LogP) is 2.65. The first-order valence-corrected chi connectivity index (χ1v) is 6.84. The second kappa shape index (κ2) is 5.65. The Morgan fingerprint density at radius 3 is 2.58 bits per heavy atom. The number of nitrogens with two attached hydrogens (primary N) is 1. The lowest BCUT2D eigenvalue weighted by molar-refractivity contribution is 0.0704. The highest BCUT2D eigenvalue weighted by Crippen LogP contribution is 2.29. The van der Waals surface area contributed by atoms with Gasteiger partial charge in [-0.15, -0.1) is 11.6 Å². The standard InChI is InChI=1S/C13H15Cl2FN2O/c14-10-7-9(1-2-11(10)16)12(19)18-5-3-13(15,8-17)4-6-18/h1-2,7H,3-6,8,17H2. The van der Waals surface area contributed by atoms with E-state index in [0.717, 1.165) is 0 Å². The van der Waals surface area contributed by atoms with Gasteiger partial charge in [0.15, 0.2) is 0 Å². The number of carbonyl (C=O) groups is 1. The second-order valence-electron chi connectivity index (χ2n) is 4.78. The molecule has 1 aliphatic rings. The number of hydrogen-bond acceptors (Lipinski definition) is 2. The van der Waals surface area contributed by atoms with Gasteiger partial charge in [-0.2, -0.15) is 0 Å². The van der Waals surface area contributed by atoms with Crippen molar-refractivity contribution in [3.8, 4) is 0 Å². The summed E-state index contributed by atoms with van der Waals surface area (Å²) < 4.78 is 13.1. The molecule has 1 heterocycles. The molecule has 1 aromatic rings. The summed E-state index contributed by atoms with van der Waals surface area (Å²) in [4.78, 5) is 13.5. The number of halogens is 3. The predicted molar refractivity (Wildman–Crippen MR) is 74.2 cm³/mol. The van der Waals surface area contributed by atoms with E-state index >= 15 is 0 Å². The first kappa shape index (κ1) is 14.6. The van der Waals surface area contributed by atoms with Gasteiger partial charge < -0.3 is 10.6 Å². The molecule has 1 saturated heterocycles. The van der Waals surface area contributed by atoms with Gasteiger partial charge in [-0.25, -0.2) is 4.39 Å². The third kappa shape index (κ3) is 3.19. The summed E-state index contributed by atoms with van der Waals surface area (Å²) in [7, 11) is 0. The number of amides is 1. The molecule has 0 bridgehead atoms. The van der Waals surface area contributed by atoms with Crippen LogP contribution in [0.3, 0.4) is 0 Å². The Bertz CT molecular complexity index is 488. The van der Waals surface area contributed by atoms with E-state index in [9.17, 15) is 9.18 Å². The number of alkyl halides is 1. The Morgan fingerprint density at radius 2 is 2.05 bits per heavy atom. The maximum Gasteiger partial charge on any atom is 0.253 e. The third-order valence-electron chi connectivity index (χ3n) is 3.48. The number of nitrogens with zero attached hydrogens (tertiary/aromatic N) is 1. The summed E-state index contributed by atoms with van der Waals surface area (Å²) in [6.45, 7) is 1.50. The molecule has 1 fully saturated rings. The zero-order valence-corrected chi connectivity index (χ0v) is 11.8. The maximum absolute atomic E-state index is 13.1. The fourth-order valence-electron chi connectivity index (χ4n) is 2.13. The molecule has 0 atom stereocenters. The largest absolute Gasteiger partial charge is 0.339 e. The monoisotopic (exact) mass is 304 g/mol. The number of hydrogen-bond donors (Lipinski definition) is 1. The molecule has 0 radical (unpaired) electrons. The molecule has 0 saturated carbocycles. The highest BCUT2D eigenvalue weighted by Gasteiger charge is 2.33. The zero-order valence-electron chi connectivity index (χ0n) is 10.3. The van der Waals surface area contributed by atoms with Crippen LogP contribution >= 0.6 is 23.2 Å². The Kier molecular flexibility index (Phi) is 4.33. The van der Waals surface area contributed by atoms with Crippen LogP contribution in [0.1, 0.15) is 23.2 Å². The normalized spacial score (nSPS) is 18.4. The quantitative estimate of drug-likeness (QED) is 0.854. The SMILES string of the molecule is NCC1(Cl)CCN(C(=O)c2ccc(F)c(Cl)c2)CC1. The molecular formula is C13H15Cl2FN2O. The lowest BCUT2D eigenvalue weighted by atomic mass is 9.95. The summed E-state index contributed by atoms with van der Waals surface area (Å²) >= 11 is 12.0. The van der Waals surface area contributed by atoms with Crippen LogP contribution in [0.4, 0.5) is 4.39 Å². The molecule has 3 nitrogen and oxygen atoms in total. The van der Waals surface area contributed by atoms with Gasteiger partial charge in [0.05, 0.1) is 9.90 Å². The van der Waals surface area contributed by atoms with Crippen LogP contribution in [0.5, 0.6) is 0 Å². The van der Waals surface area contributed by atoms with Crippen LogP contribution in [-0.2, 0) is 0 Å². The maximum atomic E-state index is 13.1. The lowest BCUT2D eigenvalue weighted by Gasteiger charge is -2.36. The fraction of sp³-hybridized carbons (Fsp3) is 0.462. The van der Waals surface area contributed by atoms with E-state index in [0.29, 0.717) is 38.0 Å². The molecule has 1 aliphatic heterocycles. The van der Waals surface area contributed by atoms with E-state index < -0.39 is 10.7 Å². The van der Waals surface area contributed by atoms with Crippen molar-refractivity contribution in [2.75, 3.05) is 19.6 Å². The van der Waals surface area contributed by atoms with E-state index in [1.165, 1.54) is 18.2 Å². The van der Waals surface area contributed by atoms with Crippen molar-refractivity contribution in [2.45, 2.75) is 17.7 Å². The van der Waals surface area contributed by atoms with Gasteiger partial charge in [-0.05, 0) is 31.0 Å². The highest BCUT2D eigenvalue weighted by atomic mass is 35.5. The number of carbonyl (C=O) groups excluding carboxylic acids is 1. The third-order valence-corrected chi connectivity index (χ3v) is 4.30. The lowest BCUT2D eigenvalue weighted by Crippen LogP contribution is -2.47. The second-order valence-corrected chi connectivity index (χ2v) is 5.99. The summed E-state index contributed by atoms with van der Waals surface area (Å²) in [5, 5.41) is -0.0449. The van der Waals surface area contributed by atoms with Crippen molar-refractivity contribution in [2.24, 2.45) is 5.73 Å². The van der Waals surface area contributed by atoms with Gasteiger partial charge in [-0.1, -0.05) is 11.6 Å². The molecular weight excluding hydrogens is 290 g/mol. The van der Waals surface area contributed by atoms with Crippen molar-refractivity contribution >= 4 is 29.1 Å². The highest BCUT2D eigenvalue weighted by molar-refractivity contribution is 6.31. The molecule has 1 aromatic carbocycles. The van der Waals surface area contributed by atoms with Crippen LogP contribution < -0.4 is 5.73 Å². The minimum atomic E-state index is -0.528. The first-order chi connectivity index (χ1) is 8.95. The average Bonchev–Trinajstić information content (AvgIpc) is 2.42. The topological polar surface area (TPSA) is 46.3 Å². The summed E-state index contributed by atoms with van der Waals surface area (Å²) in [6, 6.07) is 3.99. The minimum absolute atomic E-state index is 0.0449. The summed E-state index contributed by atoms with van der Waals surface area (Å²) in [6.07, 6.45) is 1.32. The molecule has 6 heteroatoms.